The van der Waals surface area contributed by atoms with Gasteiger partial charge in [-0.05, 0) is 79.8 Å². The van der Waals surface area contributed by atoms with E-state index in [1.54, 1.807) is 37.4 Å². The Morgan fingerprint density at radius 1 is 0.968 bits per heavy atom. The highest BCUT2D eigenvalue weighted by atomic mass is 32.1. The zero-order valence-electron chi connectivity index (χ0n) is 17.8. The van der Waals surface area contributed by atoms with Crippen molar-refractivity contribution in [2.75, 3.05) is 37.9 Å². The summed E-state index contributed by atoms with van der Waals surface area (Å²) in [5.41, 5.74) is 2.64. The smallest absolute Gasteiger partial charge is 0.265 e. The molecule has 0 aliphatic heterocycles. The number of nitrogens with one attached hydrogen (secondary N) is 2. The van der Waals surface area contributed by atoms with Crippen molar-refractivity contribution < 1.29 is 14.3 Å². The second kappa shape index (κ2) is 11.3. The van der Waals surface area contributed by atoms with Gasteiger partial charge in [-0.25, -0.2) is 0 Å². The van der Waals surface area contributed by atoms with Crippen molar-refractivity contribution in [3.63, 3.8) is 0 Å². The van der Waals surface area contributed by atoms with Gasteiger partial charge in [0.15, 0.2) is 0 Å². The van der Waals surface area contributed by atoms with Crippen LogP contribution >= 0.6 is 11.3 Å². The number of anilines is 2. The highest BCUT2D eigenvalue weighted by Crippen LogP contribution is 2.16. The molecule has 0 saturated heterocycles. The fourth-order valence-corrected chi connectivity index (χ4v) is 3.73. The standard InChI is InChI=1S/C24H27N3O3S/c1-27(15-3-5-18-7-13-21(30-2)14-8-18)17-23(28)25-19-9-11-20(12-10-19)26-24(29)22-6-4-16-31-22/h4,6-14,16H,3,5,15,17H2,1-2H3,(H,25,28)(H,26,29). The number of thiophene rings is 1. The molecule has 1 aromatic heterocycles. The van der Waals surface area contributed by atoms with Crippen molar-refractivity contribution >= 4 is 34.5 Å². The van der Waals surface area contributed by atoms with Gasteiger partial charge in [-0.2, -0.15) is 0 Å². The highest BCUT2D eigenvalue weighted by molar-refractivity contribution is 7.12. The third-order valence-corrected chi connectivity index (χ3v) is 5.62. The second-order valence-electron chi connectivity index (χ2n) is 7.25. The molecule has 0 radical (unpaired) electrons. The molecule has 2 amide bonds. The Hall–Kier alpha value is -3.16. The number of nitrogens with zero attached hydrogens (tertiary/aromatic N) is 1. The lowest BCUT2D eigenvalue weighted by molar-refractivity contribution is -0.117. The molecule has 0 unspecified atom stereocenters. The van der Waals surface area contributed by atoms with Crippen molar-refractivity contribution in [1.82, 2.24) is 4.90 Å². The van der Waals surface area contributed by atoms with Crippen molar-refractivity contribution in [3.8, 4) is 5.75 Å². The molecule has 7 heteroatoms. The number of aryl methyl sites for hydroxylation is 1. The number of methoxy groups -OCH3 is 1. The summed E-state index contributed by atoms with van der Waals surface area (Å²) in [4.78, 5) is 27.1. The largest absolute Gasteiger partial charge is 0.497 e. The summed E-state index contributed by atoms with van der Waals surface area (Å²) in [6.45, 7) is 1.15. The van der Waals surface area contributed by atoms with E-state index in [4.69, 9.17) is 4.74 Å². The summed E-state index contributed by atoms with van der Waals surface area (Å²) in [6.07, 6.45) is 1.92. The molecule has 0 aliphatic carbocycles. The Morgan fingerprint density at radius 2 is 1.65 bits per heavy atom. The van der Waals surface area contributed by atoms with E-state index in [0.29, 0.717) is 22.8 Å². The van der Waals surface area contributed by atoms with Crippen LogP contribution in [0.3, 0.4) is 0 Å². The first-order valence-electron chi connectivity index (χ1n) is 10.1. The number of carbonyl (C=O) groups excluding carboxylic acids is 2. The normalized spacial score (nSPS) is 10.7. The van der Waals surface area contributed by atoms with Crippen LogP contribution in [0.25, 0.3) is 0 Å². The Kier molecular flexibility index (Phi) is 8.20. The van der Waals surface area contributed by atoms with Crippen LogP contribution in [0.2, 0.25) is 0 Å². The maximum atomic E-state index is 12.3. The summed E-state index contributed by atoms with van der Waals surface area (Å²) in [5.74, 6) is 0.654. The van der Waals surface area contributed by atoms with E-state index < -0.39 is 0 Å². The average Bonchev–Trinajstić information content (AvgIpc) is 3.31. The van der Waals surface area contributed by atoms with Crippen LogP contribution in [-0.2, 0) is 11.2 Å². The number of rotatable bonds is 10. The van der Waals surface area contributed by atoms with Crippen LogP contribution in [0.4, 0.5) is 11.4 Å². The molecule has 0 spiro atoms. The predicted molar refractivity (Wildman–Crippen MR) is 126 cm³/mol. The molecule has 3 aromatic rings. The predicted octanol–water partition coefficient (Wildman–Crippen LogP) is 4.51. The zero-order valence-corrected chi connectivity index (χ0v) is 18.6. The van der Waals surface area contributed by atoms with Crippen molar-refractivity contribution in [2.24, 2.45) is 0 Å². The molecule has 31 heavy (non-hydrogen) atoms. The molecule has 0 saturated carbocycles. The van der Waals surface area contributed by atoms with Crippen molar-refractivity contribution in [3.05, 3.63) is 76.5 Å². The lowest BCUT2D eigenvalue weighted by Crippen LogP contribution is -2.31. The van der Waals surface area contributed by atoms with Gasteiger partial charge >= 0.3 is 0 Å². The van der Waals surface area contributed by atoms with Gasteiger partial charge in [-0.15, -0.1) is 11.3 Å². The minimum Gasteiger partial charge on any atom is -0.497 e. The number of benzene rings is 2. The summed E-state index contributed by atoms with van der Waals surface area (Å²) >= 11 is 1.39. The minimum absolute atomic E-state index is 0.0673. The second-order valence-corrected chi connectivity index (χ2v) is 8.19. The average molecular weight is 438 g/mol. The Balaban J connectivity index is 1.38. The summed E-state index contributed by atoms with van der Waals surface area (Å²) in [7, 11) is 3.60. The first-order chi connectivity index (χ1) is 15.0. The van der Waals surface area contributed by atoms with Gasteiger partial charge < -0.3 is 15.4 Å². The van der Waals surface area contributed by atoms with E-state index in [0.717, 1.165) is 25.1 Å². The van der Waals surface area contributed by atoms with Gasteiger partial charge in [-0.1, -0.05) is 18.2 Å². The fraction of sp³-hybridized carbons (Fsp3) is 0.250. The molecule has 0 aliphatic rings. The number of ether oxygens (including phenoxy) is 1. The van der Waals surface area contributed by atoms with Crippen LogP contribution in [0, 0.1) is 0 Å². The van der Waals surface area contributed by atoms with E-state index in [1.165, 1.54) is 16.9 Å². The molecule has 0 bridgehead atoms. The Bertz CT molecular complexity index is 970. The molecule has 2 aromatic carbocycles. The maximum absolute atomic E-state index is 12.3. The van der Waals surface area contributed by atoms with Gasteiger partial charge in [0.25, 0.3) is 5.91 Å². The van der Waals surface area contributed by atoms with Gasteiger partial charge in [0, 0.05) is 11.4 Å². The lowest BCUT2D eigenvalue weighted by Gasteiger charge is -2.16. The third kappa shape index (κ3) is 7.24. The SMILES string of the molecule is COc1ccc(CCCN(C)CC(=O)Nc2ccc(NC(=O)c3cccs3)cc2)cc1. The van der Waals surface area contributed by atoms with E-state index in [9.17, 15) is 9.59 Å². The van der Waals surface area contributed by atoms with Crippen LogP contribution < -0.4 is 15.4 Å². The fourth-order valence-electron chi connectivity index (χ4n) is 3.11. The van der Waals surface area contributed by atoms with Crippen LogP contribution in [-0.4, -0.2) is 44.0 Å². The first-order valence-corrected chi connectivity index (χ1v) is 11.0. The molecule has 162 valence electrons. The molecule has 3 rings (SSSR count). The van der Waals surface area contributed by atoms with E-state index in [2.05, 4.69) is 22.8 Å². The number of amides is 2. The van der Waals surface area contributed by atoms with E-state index >= 15 is 0 Å². The molecular weight excluding hydrogens is 410 g/mol. The topological polar surface area (TPSA) is 70.7 Å². The van der Waals surface area contributed by atoms with Gasteiger partial charge in [0.2, 0.25) is 5.91 Å². The monoisotopic (exact) mass is 437 g/mol. The van der Waals surface area contributed by atoms with Crippen molar-refractivity contribution in [2.45, 2.75) is 12.8 Å². The highest BCUT2D eigenvalue weighted by Gasteiger charge is 2.09. The number of likely N-dealkylation sites (N-methyl/N-ethyl adjacent to an activating group) is 1. The molecule has 0 atom stereocenters. The van der Waals surface area contributed by atoms with Crippen LogP contribution in [0.1, 0.15) is 21.7 Å². The summed E-state index contributed by atoms with van der Waals surface area (Å²) < 4.78 is 5.17. The van der Waals surface area contributed by atoms with Gasteiger partial charge in [-0.3, -0.25) is 14.5 Å². The molecule has 6 nitrogen and oxygen atoms in total. The molecule has 1 heterocycles. The zero-order chi connectivity index (χ0) is 22.1. The minimum atomic E-state index is -0.136. The van der Waals surface area contributed by atoms with E-state index in [1.807, 2.05) is 35.5 Å². The van der Waals surface area contributed by atoms with Crippen LogP contribution in [0.15, 0.2) is 66.0 Å². The first kappa shape index (κ1) is 22.5. The quantitative estimate of drug-likeness (QED) is 0.490. The molecular formula is C24H27N3O3S. The lowest BCUT2D eigenvalue weighted by atomic mass is 10.1. The van der Waals surface area contributed by atoms with Gasteiger partial charge in [0.1, 0.15) is 5.75 Å². The maximum Gasteiger partial charge on any atom is 0.265 e. The number of carbonyl (C=O) groups is 2. The number of hydrogen-bond donors (Lipinski definition) is 2. The summed E-state index contributed by atoms with van der Waals surface area (Å²) in [6, 6.07) is 18.8. The Labute approximate surface area is 186 Å². The third-order valence-electron chi connectivity index (χ3n) is 4.75. The molecule has 0 fully saturated rings. The van der Waals surface area contributed by atoms with Gasteiger partial charge in [0.05, 0.1) is 18.5 Å². The van der Waals surface area contributed by atoms with Crippen LogP contribution in [0.5, 0.6) is 5.75 Å². The summed E-state index contributed by atoms with van der Waals surface area (Å²) in [5, 5.41) is 7.60. The molecule has 2 N–H and O–H groups in total. The van der Waals surface area contributed by atoms with E-state index in [-0.39, 0.29) is 11.8 Å². The number of hydrogen-bond acceptors (Lipinski definition) is 5. The van der Waals surface area contributed by atoms with Crippen molar-refractivity contribution in [1.29, 1.82) is 0 Å². The Morgan fingerprint density at radius 3 is 2.26 bits per heavy atom.